The van der Waals surface area contributed by atoms with E-state index in [1.54, 1.807) is 35.8 Å². The van der Waals surface area contributed by atoms with Crippen molar-refractivity contribution in [3.05, 3.63) is 66.5 Å². The molecule has 2 heterocycles. The Morgan fingerprint density at radius 3 is 2.72 bits per heavy atom. The fourth-order valence-electron chi connectivity index (χ4n) is 2.84. The van der Waals surface area contributed by atoms with Crippen molar-refractivity contribution < 1.29 is 9.53 Å². The van der Waals surface area contributed by atoms with Crippen molar-refractivity contribution in [2.45, 2.75) is 4.90 Å². The van der Waals surface area contributed by atoms with Crippen LogP contribution in [0.25, 0.3) is 5.69 Å². The molecule has 5 nitrogen and oxygen atoms in total. The van der Waals surface area contributed by atoms with Crippen LogP contribution in [-0.4, -0.2) is 35.1 Å². The Balaban J connectivity index is 1.61. The van der Waals surface area contributed by atoms with E-state index in [0.29, 0.717) is 12.2 Å². The molecular weight excluding hydrogens is 334 g/mol. The molecule has 0 N–H and O–H groups in total. The van der Waals surface area contributed by atoms with Crippen molar-refractivity contribution in [2.75, 3.05) is 24.3 Å². The molecule has 3 aromatic rings. The lowest BCUT2D eigenvalue weighted by Gasteiger charge is -2.28. The minimum Gasteiger partial charge on any atom is -0.497 e. The Kier molecular flexibility index (Phi) is 4.19. The molecule has 126 valence electrons. The zero-order chi connectivity index (χ0) is 17.2. The van der Waals surface area contributed by atoms with E-state index in [1.165, 1.54) is 0 Å². The standard InChI is InChI=1S/C19H17N3O2S/c1-24-15-8-6-14(7-9-15)22-11-10-16(20-22)19(23)21-12-13-25-18-5-3-2-4-17(18)21/h2-11H,12-13H2,1H3. The fraction of sp³-hybridized carbons (Fsp3) is 0.158. The number of carbonyl (C=O) groups is 1. The Morgan fingerprint density at radius 1 is 1.12 bits per heavy atom. The third-order valence-corrected chi connectivity index (χ3v) is 5.16. The van der Waals surface area contributed by atoms with Crippen LogP contribution in [0.1, 0.15) is 10.5 Å². The summed E-state index contributed by atoms with van der Waals surface area (Å²) in [5, 5.41) is 4.46. The molecule has 0 saturated heterocycles. The lowest BCUT2D eigenvalue weighted by atomic mass is 10.2. The molecule has 0 aliphatic carbocycles. The minimum absolute atomic E-state index is 0.0694. The molecule has 0 radical (unpaired) electrons. The molecule has 1 aliphatic rings. The SMILES string of the molecule is COc1ccc(-n2ccc(C(=O)N3CCSc4ccccc43)n2)cc1. The first-order chi connectivity index (χ1) is 12.3. The second kappa shape index (κ2) is 6.64. The summed E-state index contributed by atoms with van der Waals surface area (Å²) in [6.07, 6.45) is 1.81. The van der Waals surface area contributed by atoms with Gasteiger partial charge in [0.05, 0.1) is 18.5 Å². The number of fused-ring (bicyclic) bond motifs is 1. The Hall–Kier alpha value is -2.73. The average molecular weight is 351 g/mol. The van der Waals surface area contributed by atoms with Crippen LogP contribution in [0.15, 0.2) is 65.7 Å². The molecule has 0 atom stereocenters. The number of para-hydroxylation sites is 1. The number of rotatable bonds is 3. The predicted octanol–water partition coefficient (Wildman–Crippen LogP) is 3.63. The van der Waals surface area contributed by atoms with Crippen molar-refractivity contribution in [1.29, 1.82) is 0 Å². The first kappa shape index (κ1) is 15.8. The van der Waals surface area contributed by atoms with Gasteiger partial charge in [0.15, 0.2) is 5.69 Å². The van der Waals surface area contributed by atoms with Gasteiger partial charge in [0.1, 0.15) is 5.75 Å². The number of methoxy groups -OCH3 is 1. The van der Waals surface area contributed by atoms with Gasteiger partial charge in [-0.3, -0.25) is 4.79 Å². The van der Waals surface area contributed by atoms with E-state index < -0.39 is 0 Å². The quantitative estimate of drug-likeness (QED) is 0.723. The van der Waals surface area contributed by atoms with E-state index in [1.807, 2.05) is 47.4 Å². The third kappa shape index (κ3) is 3.00. The van der Waals surface area contributed by atoms with Crippen LogP contribution in [-0.2, 0) is 0 Å². The normalized spacial score (nSPS) is 13.4. The van der Waals surface area contributed by atoms with E-state index >= 15 is 0 Å². The lowest BCUT2D eigenvalue weighted by molar-refractivity contribution is 0.0982. The number of anilines is 1. The summed E-state index contributed by atoms with van der Waals surface area (Å²) in [5.74, 6) is 1.61. The summed E-state index contributed by atoms with van der Waals surface area (Å²) in [7, 11) is 1.63. The van der Waals surface area contributed by atoms with E-state index in [9.17, 15) is 4.79 Å². The highest BCUT2D eigenvalue weighted by Gasteiger charge is 2.25. The van der Waals surface area contributed by atoms with Crippen LogP contribution in [0.5, 0.6) is 5.75 Å². The summed E-state index contributed by atoms with van der Waals surface area (Å²) in [6, 6.07) is 17.3. The maximum absolute atomic E-state index is 12.9. The first-order valence-electron chi connectivity index (χ1n) is 8.00. The van der Waals surface area contributed by atoms with Gasteiger partial charge in [0.25, 0.3) is 5.91 Å². The Labute approximate surface area is 150 Å². The van der Waals surface area contributed by atoms with Gasteiger partial charge in [-0.1, -0.05) is 12.1 Å². The van der Waals surface area contributed by atoms with E-state index in [0.717, 1.165) is 27.8 Å². The van der Waals surface area contributed by atoms with Gasteiger partial charge in [0.2, 0.25) is 0 Å². The maximum atomic E-state index is 12.9. The lowest BCUT2D eigenvalue weighted by Crippen LogP contribution is -2.35. The maximum Gasteiger partial charge on any atom is 0.278 e. The number of benzene rings is 2. The molecule has 6 heteroatoms. The number of ether oxygens (including phenoxy) is 1. The van der Waals surface area contributed by atoms with Crippen LogP contribution >= 0.6 is 11.8 Å². The van der Waals surface area contributed by atoms with Crippen molar-refractivity contribution in [3.8, 4) is 11.4 Å². The van der Waals surface area contributed by atoms with Crippen molar-refractivity contribution in [1.82, 2.24) is 9.78 Å². The van der Waals surface area contributed by atoms with Crippen molar-refractivity contribution >= 4 is 23.4 Å². The topological polar surface area (TPSA) is 47.4 Å². The van der Waals surface area contributed by atoms with Gasteiger partial charge >= 0.3 is 0 Å². The van der Waals surface area contributed by atoms with Crippen molar-refractivity contribution in [3.63, 3.8) is 0 Å². The highest BCUT2D eigenvalue weighted by molar-refractivity contribution is 7.99. The predicted molar refractivity (Wildman–Crippen MR) is 99.0 cm³/mol. The van der Waals surface area contributed by atoms with Crippen LogP contribution in [0.4, 0.5) is 5.69 Å². The number of thioether (sulfide) groups is 1. The molecule has 0 unspecified atom stereocenters. The summed E-state index contributed by atoms with van der Waals surface area (Å²) >= 11 is 1.78. The van der Waals surface area contributed by atoms with Gasteiger partial charge in [-0.2, -0.15) is 5.10 Å². The van der Waals surface area contributed by atoms with Gasteiger partial charge in [-0.05, 0) is 42.5 Å². The number of nitrogens with zero attached hydrogens (tertiary/aromatic N) is 3. The van der Waals surface area contributed by atoms with Crippen molar-refractivity contribution in [2.24, 2.45) is 0 Å². The molecule has 2 aromatic carbocycles. The molecular formula is C19H17N3O2S. The van der Waals surface area contributed by atoms with Gasteiger partial charge in [-0.25, -0.2) is 4.68 Å². The molecule has 25 heavy (non-hydrogen) atoms. The zero-order valence-corrected chi connectivity index (χ0v) is 14.6. The largest absolute Gasteiger partial charge is 0.497 e. The summed E-state index contributed by atoms with van der Waals surface area (Å²) < 4.78 is 6.87. The molecule has 0 spiro atoms. The smallest absolute Gasteiger partial charge is 0.278 e. The molecule has 0 bridgehead atoms. The first-order valence-corrected chi connectivity index (χ1v) is 8.98. The minimum atomic E-state index is -0.0694. The summed E-state index contributed by atoms with van der Waals surface area (Å²) in [5.41, 5.74) is 2.29. The molecule has 0 saturated carbocycles. The van der Waals surface area contributed by atoms with E-state index in [2.05, 4.69) is 11.2 Å². The third-order valence-electron chi connectivity index (χ3n) is 4.12. The Bertz CT molecular complexity index is 905. The van der Waals surface area contributed by atoms with Crippen LogP contribution in [0, 0.1) is 0 Å². The fourth-order valence-corrected chi connectivity index (χ4v) is 3.83. The van der Waals surface area contributed by atoms with E-state index in [-0.39, 0.29) is 5.91 Å². The number of aromatic nitrogens is 2. The molecule has 1 aromatic heterocycles. The number of hydrogen-bond acceptors (Lipinski definition) is 4. The zero-order valence-electron chi connectivity index (χ0n) is 13.8. The van der Waals surface area contributed by atoms with Gasteiger partial charge in [-0.15, -0.1) is 11.8 Å². The summed E-state index contributed by atoms with van der Waals surface area (Å²) in [4.78, 5) is 15.9. The molecule has 4 rings (SSSR count). The van der Waals surface area contributed by atoms with Crippen LogP contribution in [0.2, 0.25) is 0 Å². The highest BCUT2D eigenvalue weighted by atomic mass is 32.2. The molecule has 1 amide bonds. The second-order valence-electron chi connectivity index (χ2n) is 5.62. The average Bonchev–Trinajstić information content (AvgIpc) is 3.17. The number of hydrogen-bond donors (Lipinski definition) is 0. The molecule has 1 aliphatic heterocycles. The monoisotopic (exact) mass is 351 g/mol. The second-order valence-corrected chi connectivity index (χ2v) is 6.75. The van der Waals surface area contributed by atoms with Crippen LogP contribution < -0.4 is 9.64 Å². The van der Waals surface area contributed by atoms with E-state index in [4.69, 9.17) is 4.74 Å². The van der Waals surface area contributed by atoms with Gasteiger partial charge < -0.3 is 9.64 Å². The highest BCUT2D eigenvalue weighted by Crippen LogP contribution is 2.34. The van der Waals surface area contributed by atoms with Gasteiger partial charge in [0, 0.05) is 23.4 Å². The summed E-state index contributed by atoms with van der Waals surface area (Å²) in [6.45, 7) is 0.690. The van der Waals surface area contributed by atoms with Crippen LogP contribution in [0.3, 0.4) is 0 Å². The number of amides is 1. The molecule has 0 fully saturated rings. The number of carbonyl (C=O) groups excluding carboxylic acids is 1. The Morgan fingerprint density at radius 2 is 1.92 bits per heavy atom.